The van der Waals surface area contributed by atoms with E-state index in [9.17, 15) is 8.42 Å². The molecule has 0 radical (unpaired) electrons. The van der Waals surface area contributed by atoms with E-state index in [1.54, 1.807) is 19.1 Å². The van der Waals surface area contributed by atoms with Crippen LogP contribution in [-0.4, -0.2) is 13.0 Å². The van der Waals surface area contributed by atoms with E-state index in [4.69, 9.17) is 4.55 Å². The largest absolute Gasteiger partial charge is 1.00 e. The molecule has 1 N–H and O–H groups in total. The van der Waals surface area contributed by atoms with Crippen molar-refractivity contribution < 1.29 is 65.8 Å². The maximum Gasteiger partial charge on any atom is 1.00 e. The Morgan fingerprint density at radius 2 is 2.00 bits per heavy atom. The van der Waals surface area contributed by atoms with E-state index in [0.717, 1.165) is 5.56 Å². The number of halogens is 1. The van der Waals surface area contributed by atoms with Crippen molar-refractivity contribution in [3.63, 3.8) is 0 Å². The first kappa shape index (κ1) is 14.5. The van der Waals surface area contributed by atoms with Gasteiger partial charge in [0.2, 0.25) is 0 Å². The normalized spacial score (nSPS) is 10.7. The van der Waals surface area contributed by atoms with Crippen LogP contribution in [0.3, 0.4) is 0 Å². The van der Waals surface area contributed by atoms with Gasteiger partial charge in [0.1, 0.15) is 4.90 Å². The quantitative estimate of drug-likeness (QED) is 0.405. The van der Waals surface area contributed by atoms with Gasteiger partial charge in [0.15, 0.2) is 0 Å². The molecule has 0 atom stereocenters. The molecule has 0 amide bonds. The average molecular weight is 338 g/mol. The third-order valence-corrected chi connectivity index (χ3v) is 3.56. The van der Waals surface area contributed by atoms with E-state index in [1.165, 1.54) is 6.07 Å². The van der Waals surface area contributed by atoms with Gasteiger partial charge in [-0.2, -0.15) is 8.42 Å². The van der Waals surface area contributed by atoms with Gasteiger partial charge in [-0.15, -0.1) is 0 Å². The molecule has 1 rings (SSSR count). The molecular weight excluding hydrogens is 330 g/mol. The fourth-order valence-electron chi connectivity index (χ4n) is 0.808. The van der Waals surface area contributed by atoms with Gasteiger partial charge in [-0.1, -0.05) is 6.07 Å². The Morgan fingerprint density at radius 1 is 1.46 bits per heavy atom. The predicted octanol–water partition coefficient (Wildman–Crippen LogP) is -1.04. The van der Waals surface area contributed by atoms with Crippen molar-refractivity contribution in [2.45, 2.75) is 11.8 Å². The third-order valence-electron chi connectivity index (χ3n) is 1.36. The molecule has 0 aliphatic heterocycles. The summed E-state index contributed by atoms with van der Waals surface area (Å²) >= 11 is 1.86. The molecule has 1 aromatic rings. The summed E-state index contributed by atoms with van der Waals surface area (Å²) in [5.74, 6) is 0. The number of benzene rings is 1. The summed E-state index contributed by atoms with van der Waals surface area (Å²) in [7, 11) is -4.06. The van der Waals surface area contributed by atoms with Crippen LogP contribution in [0.15, 0.2) is 23.1 Å². The molecular formula is C7H8IKO3S. The van der Waals surface area contributed by atoms with Gasteiger partial charge in [0.25, 0.3) is 10.1 Å². The molecule has 0 aliphatic rings. The number of hydrogen-bond acceptors (Lipinski definition) is 2. The second kappa shape index (κ2) is 5.54. The number of rotatable bonds is 1. The molecule has 1 aromatic carbocycles. The Bertz CT molecular complexity index is 407. The Balaban J connectivity index is 0. The van der Waals surface area contributed by atoms with Crippen LogP contribution in [0.1, 0.15) is 6.99 Å². The van der Waals surface area contributed by atoms with Crippen LogP contribution in [0, 0.1) is 10.5 Å². The molecule has 0 fully saturated rings. The molecule has 6 heteroatoms. The van der Waals surface area contributed by atoms with Crippen LogP contribution >= 0.6 is 22.6 Å². The molecule has 0 saturated carbocycles. The van der Waals surface area contributed by atoms with Crippen molar-refractivity contribution in [2.24, 2.45) is 0 Å². The topological polar surface area (TPSA) is 54.4 Å². The maximum atomic E-state index is 10.8. The van der Waals surface area contributed by atoms with Gasteiger partial charge >= 0.3 is 51.4 Å². The monoisotopic (exact) mass is 338 g/mol. The van der Waals surface area contributed by atoms with Crippen LogP contribution in [0.25, 0.3) is 0 Å². The Morgan fingerprint density at radius 3 is 2.38 bits per heavy atom. The first-order chi connectivity index (χ1) is 5.41. The first-order valence-electron chi connectivity index (χ1n) is 3.15. The number of aryl methyl sites for hydroxylation is 1. The van der Waals surface area contributed by atoms with Crippen LogP contribution in [0.5, 0.6) is 0 Å². The summed E-state index contributed by atoms with van der Waals surface area (Å²) in [5, 5.41) is 0. The van der Waals surface area contributed by atoms with Crippen LogP contribution in [0.2, 0.25) is 0 Å². The molecule has 0 spiro atoms. The van der Waals surface area contributed by atoms with E-state index in [1.807, 2.05) is 22.6 Å². The zero-order chi connectivity index (χ0) is 9.35. The van der Waals surface area contributed by atoms with Gasteiger partial charge in [-0.25, -0.2) is 0 Å². The van der Waals surface area contributed by atoms with Crippen molar-refractivity contribution in [1.82, 2.24) is 0 Å². The molecule has 68 valence electrons. The van der Waals surface area contributed by atoms with Crippen LogP contribution < -0.4 is 51.4 Å². The van der Waals surface area contributed by atoms with Crippen molar-refractivity contribution in [1.29, 1.82) is 0 Å². The molecule has 0 heterocycles. The summed E-state index contributed by atoms with van der Waals surface area (Å²) in [5.41, 5.74) is 0.808. The SMILES string of the molecule is Cc1ccc(I)c(S(=O)(=O)O)c1.[H-].[K+]. The van der Waals surface area contributed by atoms with Crippen molar-refractivity contribution in [3.8, 4) is 0 Å². The Kier molecular flexibility index (Phi) is 6.18. The minimum Gasteiger partial charge on any atom is -1.00 e. The summed E-state index contributed by atoms with van der Waals surface area (Å²) in [6.45, 7) is 1.77. The van der Waals surface area contributed by atoms with Crippen molar-refractivity contribution in [2.75, 3.05) is 0 Å². The second-order valence-corrected chi connectivity index (χ2v) is 4.96. The van der Waals surface area contributed by atoms with Gasteiger partial charge in [-0.3, -0.25) is 4.55 Å². The zero-order valence-electron chi connectivity index (χ0n) is 8.28. The van der Waals surface area contributed by atoms with Gasteiger partial charge < -0.3 is 1.43 Å². The van der Waals surface area contributed by atoms with Crippen LogP contribution in [-0.2, 0) is 10.1 Å². The first-order valence-corrected chi connectivity index (χ1v) is 5.67. The minimum atomic E-state index is -4.06. The van der Waals surface area contributed by atoms with E-state index < -0.39 is 10.1 Å². The van der Waals surface area contributed by atoms with Gasteiger partial charge in [0, 0.05) is 3.57 Å². The van der Waals surface area contributed by atoms with Gasteiger partial charge in [-0.05, 0) is 47.2 Å². The molecule has 0 saturated heterocycles. The van der Waals surface area contributed by atoms with Gasteiger partial charge in [0.05, 0.1) is 0 Å². The fraction of sp³-hybridized carbons (Fsp3) is 0.143. The third kappa shape index (κ3) is 4.25. The summed E-state index contributed by atoms with van der Waals surface area (Å²) in [4.78, 5) is -0.0249. The molecule has 3 nitrogen and oxygen atoms in total. The van der Waals surface area contributed by atoms with E-state index in [-0.39, 0.29) is 57.7 Å². The average Bonchev–Trinajstić information content (AvgIpc) is 1.92. The second-order valence-electron chi connectivity index (χ2n) is 2.41. The van der Waals surface area contributed by atoms with E-state index in [0.29, 0.717) is 3.57 Å². The maximum absolute atomic E-state index is 10.8. The summed E-state index contributed by atoms with van der Waals surface area (Å²) in [6, 6.07) is 4.88. The standard InChI is InChI=1S/C7H7IO3S.K.H/c1-5-2-3-6(8)7(4-5)12(9,10)11;;/h2-4H,1H3,(H,9,10,11);;/q;+1;-1. The van der Waals surface area contributed by atoms with Crippen molar-refractivity contribution >= 4 is 32.7 Å². The molecule has 0 bridgehead atoms. The van der Waals surface area contributed by atoms with E-state index >= 15 is 0 Å². The summed E-state index contributed by atoms with van der Waals surface area (Å²) < 4.78 is 30.8. The number of hydrogen-bond donors (Lipinski definition) is 1. The molecule has 0 unspecified atom stereocenters. The zero-order valence-corrected chi connectivity index (χ0v) is 13.4. The fourth-order valence-corrected chi connectivity index (χ4v) is 2.63. The molecule has 13 heavy (non-hydrogen) atoms. The Labute approximate surface area is 135 Å². The molecule has 0 aromatic heterocycles. The smallest absolute Gasteiger partial charge is 1.00 e. The van der Waals surface area contributed by atoms with E-state index in [2.05, 4.69) is 0 Å². The predicted molar refractivity (Wildman–Crippen MR) is 54.8 cm³/mol. The Hall–Kier alpha value is 1.50. The van der Waals surface area contributed by atoms with Crippen LogP contribution in [0.4, 0.5) is 0 Å². The van der Waals surface area contributed by atoms with Crippen molar-refractivity contribution in [3.05, 3.63) is 27.3 Å². The summed E-state index contributed by atoms with van der Waals surface area (Å²) in [6.07, 6.45) is 0. The minimum absolute atomic E-state index is 0. The molecule has 0 aliphatic carbocycles.